The second-order valence-electron chi connectivity index (χ2n) is 6.39. The van der Waals surface area contributed by atoms with Crippen molar-refractivity contribution in [1.29, 1.82) is 0 Å². The Morgan fingerprint density at radius 1 is 0.962 bits per heavy atom. The van der Waals surface area contributed by atoms with Gasteiger partial charge in [-0.05, 0) is 50.1 Å². The number of aryl methyl sites for hydroxylation is 3. The molecular weight excluding hydrogens is 406 g/mol. The first-order chi connectivity index (χ1) is 12.5. The first kappa shape index (κ1) is 17.2. The van der Waals surface area contributed by atoms with Crippen molar-refractivity contribution in [2.45, 2.75) is 20.8 Å². The first-order valence-electron chi connectivity index (χ1n) is 8.37. The zero-order valence-corrected chi connectivity index (χ0v) is 17.2. The summed E-state index contributed by atoms with van der Waals surface area (Å²) in [6.07, 6.45) is 1.63. The monoisotopic (exact) mass is 423 g/mol. The van der Waals surface area contributed by atoms with Crippen molar-refractivity contribution < 1.29 is 0 Å². The van der Waals surface area contributed by atoms with Gasteiger partial charge in [0.25, 0.3) is 0 Å². The number of benzene rings is 2. The van der Waals surface area contributed by atoms with Gasteiger partial charge < -0.3 is 5.32 Å². The van der Waals surface area contributed by atoms with Crippen LogP contribution in [0.15, 0.2) is 53.3 Å². The zero-order chi connectivity index (χ0) is 18.3. The third kappa shape index (κ3) is 3.13. The van der Waals surface area contributed by atoms with Gasteiger partial charge in [0.15, 0.2) is 0 Å². The molecule has 4 rings (SSSR count). The van der Waals surface area contributed by atoms with Gasteiger partial charge in [0, 0.05) is 20.6 Å². The number of nitrogens with zero attached hydrogens (tertiary/aromatic N) is 2. The highest BCUT2D eigenvalue weighted by Crippen LogP contribution is 2.41. The van der Waals surface area contributed by atoms with E-state index in [2.05, 4.69) is 94.5 Å². The molecule has 130 valence electrons. The van der Waals surface area contributed by atoms with Gasteiger partial charge >= 0.3 is 0 Å². The van der Waals surface area contributed by atoms with E-state index >= 15 is 0 Å². The molecule has 0 amide bonds. The third-order valence-corrected chi connectivity index (χ3v) is 5.97. The Labute approximate surface area is 165 Å². The molecule has 2 heterocycles. The molecule has 0 radical (unpaired) electrons. The maximum Gasteiger partial charge on any atom is 0.143 e. The fourth-order valence-electron chi connectivity index (χ4n) is 3.18. The van der Waals surface area contributed by atoms with Crippen molar-refractivity contribution in [3.63, 3.8) is 0 Å². The van der Waals surface area contributed by atoms with Crippen LogP contribution in [0.5, 0.6) is 0 Å². The van der Waals surface area contributed by atoms with Crippen molar-refractivity contribution >= 4 is 49.0 Å². The smallest absolute Gasteiger partial charge is 0.143 e. The van der Waals surface area contributed by atoms with Crippen LogP contribution in [0.1, 0.15) is 16.0 Å². The lowest BCUT2D eigenvalue weighted by Gasteiger charge is -2.12. The number of aromatic nitrogens is 2. The first-order valence-corrected chi connectivity index (χ1v) is 9.98. The standard InChI is InChI=1S/C21H18BrN3S/c1-12-4-9-17(13(2)10-12)25-20-19-18(15-5-7-16(22)8-6-15)14(3)26-21(19)24-11-23-20/h4-11H,1-3H3,(H,23,24,25). The number of hydrogen-bond donors (Lipinski definition) is 1. The molecule has 0 unspecified atom stereocenters. The highest BCUT2D eigenvalue weighted by atomic mass is 79.9. The summed E-state index contributed by atoms with van der Waals surface area (Å²) in [5.74, 6) is 0.851. The minimum atomic E-state index is 0.851. The average Bonchev–Trinajstić information content (AvgIpc) is 2.95. The highest BCUT2D eigenvalue weighted by Gasteiger charge is 2.17. The lowest BCUT2D eigenvalue weighted by molar-refractivity contribution is 1.22. The number of anilines is 2. The van der Waals surface area contributed by atoms with Crippen molar-refractivity contribution in [3.8, 4) is 11.1 Å². The van der Waals surface area contributed by atoms with Gasteiger partial charge in [-0.15, -0.1) is 11.3 Å². The number of fused-ring (bicyclic) bond motifs is 1. The molecule has 2 aromatic heterocycles. The maximum absolute atomic E-state index is 4.56. The summed E-state index contributed by atoms with van der Waals surface area (Å²) in [5.41, 5.74) is 5.90. The Bertz CT molecular complexity index is 1100. The summed E-state index contributed by atoms with van der Waals surface area (Å²) in [4.78, 5) is 11.3. The second kappa shape index (κ2) is 6.82. The molecule has 0 saturated heterocycles. The van der Waals surface area contributed by atoms with E-state index < -0.39 is 0 Å². The van der Waals surface area contributed by atoms with E-state index in [9.17, 15) is 0 Å². The quantitative estimate of drug-likeness (QED) is 0.394. The van der Waals surface area contributed by atoms with Crippen LogP contribution in [0.3, 0.4) is 0 Å². The Kier molecular flexibility index (Phi) is 4.51. The molecule has 2 aromatic carbocycles. The lowest BCUT2D eigenvalue weighted by atomic mass is 10.0. The summed E-state index contributed by atoms with van der Waals surface area (Å²) >= 11 is 5.22. The molecule has 3 nitrogen and oxygen atoms in total. The molecule has 26 heavy (non-hydrogen) atoms. The van der Waals surface area contributed by atoms with E-state index in [0.717, 1.165) is 26.2 Å². The molecule has 0 aliphatic carbocycles. The molecule has 5 heteroatoms. The molecule has 0 aliphatic heterocycles. The molecule has 0 spiro atoms. The summed E-state index contributed by atoms with van der Waals surface area (Å²) in [6, 6.07) is 14.8. The average molecular weight is 424 g/mol. The van der Waals surface area contributed by atoms with Crippen molar-refractivity contribution in [1.82, 2.24) is 9.97 Å². The van der Waals surface area contributed by atoms with Crippen molar-refractivity contribution in [3.05, 3.63) is 69.3 Å². The summed E-state index contributed by atoms with van der Waals surface area (Å²) in [5, 5.41) is 4.60. The van der Waals surface area contributed by atoms with E-state index in [-0.39, 0.29) is 0 Å². The minimum Gasteiger partial charge on any atom is -0.339 e. The minimum absolute atomic E-state index is 0.851. The van der Waals surface area contributed by atoms with E-state index in [1.54, 1.807) is 17.7 Å². The number of nitrogens with one attached hydrogen (secondary N) is 1. The van der Waals surface area contributed by atoms with E-state index in [1.807, 2.05) is 0 Å². The number of halogens is 1. The van der Waals surface area contributed by atoms with Gasteiger partial charge in [0.05, 0.1) is 5.39 Å². The SMILES string of the molecule is Cc1ccc(Nc2ncnc3sc(C)c(-c4ccc(Br)cc4)c23)c(C)c1. The fourth-order valence-corrected chi connectivity index (χ4v) is 4.46. The summed E-state index contributed by atoms with van der Waals surface area (Å²) < 4.78 is 1.07. The Morgan fingerprint density at radius 3 is 2.46 bits per heavy atom. The molecule has 1 N–H and O–H groups in total. The summed E-state index contributed by atoms with van der Waals surface area (Å²) in [7, 11) is 0. The zero-order valence-electron chi connectivity index (χ0n) is 14.8. The molecule has 0 bridgehead atoms. The van der Waals surface area contributed by atoms with Crippen LogP contribution in [0.4, 0.5) is 11.5 Å². The Morgan fingerprint density at radius 2 is 1.73 bits per heavy atom. The largest absolute Gasteiger partial charge is 0.339 e. The number of hydrogen-bond acceptors (Lipinski definition) is 4. The van der Waals surface area contributed by atoms with Gasteiger partial charge in [-0.25, -0.2) is 9.97 Å². The number of rotatable bonds is 3. The van der Waals surface area contributed by atoms with Gasteiger partial charge in [-0.1, -0.05) is 45.8 Å². The normalized spacial score (nSPS) is 11.1. The molecular formula is C21H18BrN3S. The van der Waals surface area contributed by atoms with Crippen LogP contribution in [0.25, 0.3) is 21.3 Å². The van der Waals surface area contributed by atoms with E-state index in [4.69, 9.17) is 0 Å². The van der Waals surface area contributed by atoms with Crippen molar-refractivity contribution in [2.24, 2.45) is 0 Å². The van der Waals surface area contributed by atoms with Gasteiger partial charge in [-0.2, -0.15) is 0 Å². The molecule has 0 atom stereocenters. The summed E-state index contributed by atoms with van der Waals surface area (Å²) in [6.45, 7) is 6.36. The van der Waals surface area contributed by atoms with Crippen LogP contribution >= 0.6 is 27.3 Å². The number of thiophene rings is 1. The topological polar surface area (TPSA) is 37.8 Å². The molecule has 4 aromatic rings. The Hall–Kier alpha value is -2.24. The van der Waals surface area contributed by atoms with E-state index in [1.165, 1.54) is 27.1 Å². The van der Waals surface area contributed by atoms with Gasteiger partial charge in [0.1, 0.15) is 17.0 Å². The Balaban J connectivity index is 1.89. The van der Waals surface area contributed by atoms with E-state index in [0.29, 0.717) is 0 Å². The predicted octanol–water partition coefficient (Wildman–Crippen LogP) is 6.79. The molecule has 0 aliphatic rings. The van der Waals surface area contributed by atoms with Crippen LogP contribution < -0.4 is 5.32 Å². The van der Waals surface area contributed by atoms with Crippen LogP contribution in [-0.4, -0.2) is 9.97 Å². The van der Waals surface area contributed by atoms with Crippen LogP contribution in [0, 0.1) is 20.8 Å². The van der Waals surface area contributed by atoms with Crippen LogP contribution in [-0.2, 0) is 0 Å². The lowest BCUT2D eigenvalue weighted by Crippen LogP contribution is -1.98. The van der Waals surface area contributed by atoms with Crippen molar-refractivity contribution in [2.75, 3.05) is 5.32 Å². The van der Waals surface area contributed by atoms with Gasteiger partial charge in [-0.3, -0.25) is 0 Å². The predicted molar refractivity (Wildman–Crippen MR) is 114 cm³/mol. The molecule has 0 saturated carbocycles. The highest BCUT2D eigenvalue weighted by molar-refractivity contribution is 9.10. The maximum atomic E-state index is 4.56. The van der Waals surface area contributed by atoms with Gasteiger partial charge in [0.2, 0.25) is 0 Å². The second-order valence-corrected chi connectivity index (χ2v) is 8.50. The molecule has 0 fully saturated rings. The van der Waals surface area contributed by atoms with Crippen LogP contribution in [0.2, 0.25) is 0 Å². The fraction of sp³-hybridized carbons (Fsp3) is 0.143. The third-order valence-electron chi connectivity index (χ3n) is 4.43.